The molecule has 2 unspecified atom stereocenters. The van der Waals surface area contributed by atoms with Crippen molar-refractivity contribution in [1.29, 1.82) is 0 Å². The van der Waals surface area contributed by atoms with Crippen LogP contribution in [-0.2, 0) is 9.47 Å². The Bertz CT molecular complexity index is 110. The van der Waals surface area contributed by atoms with E-state index in [2.05, 4.69) is 0 Å². The van der Waals surface area contributed by atoms with E-state index in [9.17, 15) is 0 Å². The zero-order chi connectivity index (χ0) is 8.81. The zero-order valence-corrected chi connectivity index (χ0v) is 7.79. The molecule has 2 N–H and O–H groups in total. The van der Waals surface area contributed by atoms with Gasteiger partial charge in [-0.15, -0.1) is 0 Å². The van der Waals surface area contributed by atoms with Crippen LogP contribution in [0.1, 0.15) is 12.8 Å². The van der Waals surface area contributed by atoms with Gasteiger partial charge in [0.2, 0.25) is 0 Å². The molecule has 72 valence electrons. The van der Waals surface area contributed by atoms with Crippen molar-refractivity contribution in [1.82, 2.24) is 0 Å². The van der Waals surface area contributed by atoms with Gasteiger partial charge < -0.3 is 15.2 Å². The third-order valence-electron chi connectivity index (χ3n) is 2.55. The average molecular weight is 173 g/mol. The Morgan fingerprint density at radius 2 is 2.50 bits per heavy atom. The molecule has 0 amide bonds. The van der Waals surface area contributed by atoms with Crippen molar-refractivity contribution in [2.75, 3.05) is 33.5 Å². The Labute approximate surface area is 74.2 Å². The van der Waals surface area contributed by atoms with Gasteiger partial charge in [-0.05, 0) is 31.2 Å². The highest BCUT2D eigenvalue weighted by Crippen LogP contribution is 2.21. The maximum Gasteiger partial charge on any atom is 0.0506 e. The van der Waals surface area contributed by atoms with Crippen LogP contribution in [0.5, 0.6) is 0 Å². The van der Waals surface area contributed by atoms with Crippen molar-refractivity contribution in [2.24, 2.45) is 17.6 Å². The first-order valence-electron chi connectivity index (χ1n) is 4.65. The van der Waals surface area contributed by atoms with Crippen LogP contribution in [0.25, 0.3) is 0 Å². The number of ether oxygens (including phenoxy) is 2. The predicted octanol–water partition coefficient (Wildman–Crippen LogP) is 0.634. The molecule has 3 heteroatoms. The SMILES string of the molecule is COCC(CN)C1CCCOC1. The first kappa shape index (κ1) is 9.96. The summed E-state index contributed by atoms with van der Waals surface area (Å²) < 4.78 is 10.5. The Morgan fingerprint density at radius 3 is 3.00 bits per heavy atom. The monoisotopic (exact) mass is 173 g/mol. The summed E-state index contributed by atoms with van der Waals surface area (Å²) in [6.07, 6.45) is 2.41. The summed E-state index contributed by atoms with van der Waals surface area (Å²) >= 11 is 0. The molecular formula is C9H19NO2. The van der Waals surface area contributed by atoms with Gasteiger partial charge in [-0.3, -0.25) is 0 Å². The Hall–Kier alpha value is -0.120. The molecule has 0 bridgehead atoms. The standard InChI is InChI=1S/C9H19NO2/c1-11-6-9(5-10)8-3-2-4-12-7-8/h8-9H,2-7,10H2,1H3. The first-order chi connectivity index (χ1) is 5.88. The second-order valence-corrected chi connectivity index (χ2v) is 3.43. The molecule has 12 heavy (non-hydrogen) atoms. The number of rotatable bonds is 4. The molecule has 0 aromatic carbocycles. The number of hydrogen-bond acceptors (Lipinski definition) is 3. The number of hydrogen-bond donors (Lipinski definition) is 1. The molecule has 1 saturated heterocycles. The fourth-order valence-electron chi connectivity index (χ4n) is 1.75. The summed E-state index contributed by atoms with van der Waals surface area (Å²) in [6.45, 7) is 3.26. The van der Waals surface area contributed by atoms with Gasteiger partial charge in [0, 0.05) is 20.3 Å². The minimum absolute atomic E-state index is 0.482. The van der Waals surface area contributed by atoms with E-state index in [0.717, 1.165) is 19.8 Å². The van der Waals surface area contributed by atoms with Gasteiger partial charge in [-0.1, -0.05) is 0 Å². The molecule has 0 radical (unpaired) electrons. The molecule has 1 aliphatic heterocycles. The van der Waals surface area contributed by atoms with Crippen LogP contribution >= 0.6 is 0 Å². The van der Waals surface area contributed by atoms with E-state index in [1.165, 1.54) is 12.8 Å². The normalized spacial score (nSPS) is 27.0. The lowest BCUT2D eigenvalue weighted by atomic mass is 9.88. The van der Waals surface area contributed by atoms with E-state index >= 15 is 0 Å². The van der Waals surface area contributed by atoms with Gasteiger partial charge in [0.05, 0.1) is 6.61 Å². The third-order valence-corrected chi connectivity index (χ3v) is 2.55. The number of methoxy groups -OCH3 is 1. The van der Waals surface area contributed by atoms with Crippen LogP contribution in [0, 0.1) is 11.8 Å². The molecule has 3 nitrogen and oxygen atoms in total. The van der Waals surface area contributed by atoms with Crippen LogP contribution < -0.4 is 5.73 Å². The quantitative estimate of drug-likeness (QED) is 0.678. The Kier molecular flexibility index (Phi) is 4.58. The topological polar surface area (TPSA) is 44.5 Å². The molecule has 0 aromatic heterocycles. The molecule has 1 aliphatic rings. The third kappa shape index (κ3) is 2.73. The molecule has 0 aromatic rings. The largest absolute Gasteiger partial charge is 0.384 e. The fourth-order valence-corrected chi connectivity index (χ4v) is 1.75. The second kappa shape index (κ2) is 5.51. The van der Waals surface area contributed by atoms with Gasteiger partial charge in [-0.25, -0.2) is 0 Å². The minimum atomic E-state index is 0.482. The molecular weight excluding hydrogens is 154 g/mol. The smallest absolute Gasteiger partial charge is 0.0506 e. The van der Waals surface area contributed by atoms with Crippen molar-refractivity contribution in [3.63, 3.8) is 0 Å². The van der Waals surface area contributed by atoms with Crippen LogP contribution in [0.3, 0.4) is 0 Å². The maximum absolute atomic E-state index is 5.65. The van der Waals surface area contributed by atoms with Crippen LogP contribution in [0.15, 0.2) is 0 Å². The van der Waals surface area contributed by atoms with Gasteiger partial charge in [0.1, 0.15) is 0 Å². The maximum atomic E-state index is 5.65. The van der Waals surface area contributed by atoms with Gasteiger partial charge in [0.25, 0.3) is 0 Å². The summed E-state index contributed by atoms with van der Waals surface area (Å²) in [4.78, 5) is 0. The van der Waals surface area contributed by atoms with Gasteiger partial charge >= 0.3 is 0 Å². The van der Waals surface area contributed by atoms with Crippen molar-refractivity contribution >= 4 is 0 Å². The highest BCUT2D eigenvalue weighted by Gasteiger charge is 2.22. The Morgan fingerprint density at radius 1 is 1.67 bits per heavy atom. The minimum Gasteiger partial charge on any atom is -0.384 e. The first-order valence-corrected chi connectivity index (χ1v) is 4.65. The molecule has 1 heterocycles. The molecule has 0 aliphatic carbocycles. The van der Waals surface area contributed by atoms with Crippen LogP contribution in [-0.4, -0.2) is 33.5 Å². The lowest BCUT2D eigenvalue weighted by Gasteiger charge is -2.28. The van der Waals surface area contributed by atoms with Crippen molar-refractivity contribution in [3.05, 3.63) is 0 Å². The van der Waals surface area contributed by atoms with E-state index in [4.69, 9.17) is 15.2 Å². The average Bonchev–Trinajstić information content (AvgIpc) is 2.15. The van der Waals surface area contributed by atoms with E-state index in [-0.39, 0.29) is 0 Å². The van der Waals surface area contributed by atoms with Crippen LogP contribution in [0.4, 0.5) is 0 Å². The summed E-state index contributed by atoms with van der Waals surface area (Å²) in [5.41, 5.74) is 5.65. The zero-order valence-electron chi connectivity index (χ0n) is 7.79. The summed E-state index contributed by atoms with van der Waals surface area (Å²) in [5, 5.41) is 0. The lowest BCUT2D eigenvalue weighted by molar-refractivity contribution is 0.0118. The van der Waals surface area contributed by atoms with Crippen molar-refractivity contribution < 1.29 is 9.47 Å². The predicted molar refractivity (Wildman–Crippen MR) is 48.0 cm³/mol. The number of nitrogens with two attached hydrogens (primary N) is 1. The van der Waals surface area contributed by atoms with E-state index in [1.807, 2.05) is 0 Å². The molecule has 1 fully saturated rings. The summed E-state index contributed by atoms with van der Waals surface area (Å²) in [6, 6.07) is 0. The summed E-state index contributed by atoms with van der Waals surface area (Å²) in [7, 11) is 1.73. The van der Waals surface area contributed by atoms with Crippen molar-refractivity contribution in [2.45, 2.75) is 12.8 Å². The molecule has 2 atom stereocenters. The molecule has 0 spiro atoms. The summed E-state index contributed by atoms with van der Waals surface area (Å²) in [5.74, 6) is 1.10. The Balaban J connectivity index is 2.29. The van der Waals surface area contributed by atoms with E-state index < -0.39 is 0 Å². The van der Waals surface area contributed by atoms with Crippen molar-refractivity contribution in [3.8, 4) is 0 Å². The fraction of sp³-hybridized carbons (Fsp3) is 1.00. The van der Waals surface area contributed by atoms with E-state index in [1.54, 1.807) is 7.11 Å². The second-order valence-electron chi connectivity index (χ2n) is 3.43. The van der Waals surface area contributed by atoms with Crippen LogP contribution in [0.2, 0.25) is 0 Å². The van der Waals surface area contributed by atoms with Gasteiger partial charge in [-0.2, -0.15) is 0 Å². The van der Waals surface area contributed by atoms with Gasteiger partial charge in [0.15, 0.2) is 0 Å². The molecule has 0 saturated carbocycles. The highest BCUT2D eigenvalue weighted by atomic mass is 16.5. The van der Waals surface area contributed by atoms with E-state index in [0.29, 0.717) is 18.4 Å². The highest BCUT2D eigenvalue weighted by molar-refractivity contribution is 4.72. The molecule has 1 rings (SSSR count). The lowest BCUT2D eigenvalue weighted by Crippen LogP contribution is -2.33.